The van der Waals surface area contributed by atoms with Crippen molar-refractivity contribution in [3.05, 3.63) is 58.6 Å². The number of ketones is 1. The van der Waals surface area contributed by atoms with E-state index in [4.69, 9.17) is 9.47 Å². The summed E-state index contributed by atoms with van der Waals surface area (Å²) in [6, 6.07) is 11.5. The summed E-state index contributed by atoms with van der Waals surface area (Å²) >= 11 is 3.28. The maximum atomic E-state index is 12.0. The number of aliphatic hydroxyl groups excluding tert-OH is 1. The zero-order valence-corrected chi connectivity index (χ0v) is 15.2. The minimum absolute atomic E-state index is 0.242. The number of methoxy groups -OCH3 is 2. The lowest BCUT2D eigenvalue weighted by molar-refractivity contribution is -0.131. The minimum atomic E-state index is -0.898. The molecule has 0 unspecified atom stereocenters. The van der Waals surface area contributed by atoms with Crippen LogP contribution in [0.25, 0.3) is 5.76 Å². The molecule has 130 valence electrons. The van der Waals surface area contributed by atoms with Crippen LogP contribution in [0.5, 0.6) is 11.5 Å². The molecule has 2 N–H and O–H groups in total. The van der Waals surface area contributed by atoms with Gasteiger partial charge in [-0.15, -0.1) is 0 Å². The van der Waals surface area contributed by atoms with Crippen LogP contribution < -0.4 is 14.8 Å². The monoisotopic (exact) mass is 405 g/mol. The van der Waals surface area contributed by atoms with E-state index in [1.54, 1.807) is 36.4 Å². The highest BCUT2D eigenvalue weighted by Gasteiger charge is 2.16. The predicted molar refractivity (Wildman–Crippen MR) is 97.9 cm³/mol. The maximum Gasteiger partial charge on any atom is 0.296 e. The van der Waals surface area contributed by atoms with E-state index in [0.29, 0.717) is 17.2 Å². The van der Waals surface area contributed by atoms with Crippen LogP contribution in [0, 0.1) is 0 Å². The average molecular weight is 406 g/mol. The second kappa shape index (κ2) is 8.34. The molecule has 1 amide bonds. The molecule has 0 saturated carbocycles. The van der Waals surface area contributed by atoms with Crippen molar-refractivity contribution in [2.24, 2.45) is 0 Å². The number of hydrogen-bond acceptors (Lipinski definition) is 5. The van der Waals surface area contributed by atoms with Crippen molar-refractivity contribution in [3.8, 4) is 11.5 Å². The Bertz CT molecular complexity index is 815. The largest absolute Gasteiger partial charge is 0.507 e. The van der Waals surface area contributed by atoms with Gasteiger partial charge in [0.1, 0.15) is 17.3 Å². The van der Waals surface area contributed by atoms with E-state index in [9.17, 15) is 14.7 Å². The molecule has 0 aliphatic heterocycles. The third kappa shape index (κ3) is 4.84. The van der Waals surface area contributed by atoms with Crippen LogP contribution in [0.15, 0.2) is 53.0 Å². The summed E-state index contributed by atoms with van der Waals surface area (Å²) in [5, 5.41) is 12.6. The van der Waals surface area contributed by atoms with Gasteiger partial charge < -0.3 is 19.9 Å². The van der Waals surface area contributed by atoms with Crippen LogP contribution in [-0.4, -0.2) is 31.0 Å². The number of hydrogen-bond donors (Lipinski definition) is 2. The molecule has 0 heterocycles. The van der Waals surface area contributed by atoms with Crippen molar-refractivity contribution >= 4 is 39.1 Å². The minimum Gasteiger partial charge on any atom is -0.507 e. The quantitative estimate of drug-likeness (QED) is 0.435. The summed E-state index contributed by atoms with van der Waals surface area (Å²) in [6.45, 7) is 0. The smallest absolute Gasteiger partial charge is 0.296 e. The molecule has 0 atom stereocenters. The van der Waals surface area contributed by atoms with Crippen LogP contribution in [-0.2, 0) is 9.59 Å². The number of amides is 1. The van der Waals surface area contributed by atoms with Crippen molar-refractivity contribution in [2.75, 3.05) is 19.5 Å². The number of halogens is 1. The highest BCUT2D eigenvalue weighted by atomic mass is 79.9. The van der Waals surface area contributed by atoms with Crippen LogP contribution in [0.2, 0.25) is 0 Å². The van der Waals surface area contributed by atoms with Crippen molar-refractivity contribution in [1.82, 2.24) is 0 Å². The van der Waals surface area contributed by atoms with E-state index >= 15 is 0 Å². The van der Waals surface area contributed by atoms with E-state index in [1.807, 2.05) is 0 Å². The van der Waals surface area contributed by atoms with Crippen molar-refractivity contribution < 1.29 is 24.2 Å². The molecule has 0 aliphatic carbocycles. The first-order valence-electron chi connectivity index (χ1n) is 7.18. The first-order chi connectivity index (χ1) is 11.9. The number of ether oxygens (including phenoxy) is 2. The first-order valence-corrected chi connectivity index (χ1v) is 7.98. The normalized spacial score (nSPS) is 10.9. The summed E-state index contributed by atoms with van der Waals surface area (Å²) < 4.78 is 11.1. The lowest BCUT2D eigenvalue weighted by Crippen LogP contribution is -2.21. The second-order valence-corrected chi connectivity index (χ2v) is 5.84. The molecule has 2 rings (SSSR count). The lowest BCUT2D eigenvalue weighted by Gasteiger charge is -2.09. The maximum absolute atomic E-state index is 12.0. The van der Waals surface area contributed by atoms with Gasteiger partial charge in [-0.1, -0.05) is 15.9 Å². The van der Waals surface area contributed by atoms with Gasteiger partial charge >= 0.3 is 0 Å². The predicted octanol–water partition coefficient (Wildman–Crippen LogP) is 3.57. The number of anilines is 1. The third-order valence-corrected chi connectivity index (χ3v) is 3.80. The van der Waals surface area contributed by atoms with Gasteiger partial charge in [0.2, 0.25) is 5.78 Å². The summed E-state index contributed by atoms with van der Waals surface area (Å²) in [5.41, 5.74) is 0.708. The molecule has 6 nitrogen and oxygen atoms in total. The molecule has 2 aromatic rings. The van der Waals surface area contributed by atoms with Gasteiger partial charge in [-0.05, 0) is 42.5 Å². The summed E-state index contributed by atoms with van der Waals surface area (Å²) in [6.07, 6.45) is 0.839. The van der Waals surface area contributed by atoms with Gasteiger partial charge in [0.15, 0.2) is 0 Å². The SMILES string of the molecule is COc1ccc(OC)c(/C(O)=C/C(=O)C(=O)Nc2ccc(Br)cc2)c1. The number of benzene rings is 2. The Hall–Kier alpha value is -2.80. The summed E-state index contributed by atoms with van der Waals surface area (Å²) in [7, 11) is 2.91. The zero-order valence-electron chi connectivity index (χ0n) is 13.6. The van der Waals surface area contributed by atoms with E-state index in [0.717, 1.165) is 10.5 Å². The molecule has 25 heavy (non-hydrogen) atoms. The molecule has 0 saturated heterocycles. The van der Waals surface area contributed by atoms with Gasteiger partial charge in [0, 0.05) is 16.2 Å². The van der Waals surface area contributed by atoms with Gasteiger partial charge in [0.25, 0.3) is 5.91 Å². The molecule has 0 fully saturated rings. The number of carbonyl (C=O) groups excluding carboxylic acids is 2. The average Bonchev–Trinajstić information content (AvgIpc) is 2.62. The van der Waals surface area contributed by atoms with E-state index in [2.05, 4.69) is 21.2 Å². The van der Waals surface area contributed by atoms with Crippen molar-refractivity contribution in [2.45, 2.75) is 0 Å². The molecular weight excluding hydrogens is 390 g/mol. The fourth-order valence-electron chi connectivity index (χ4n) is 2.01. The van der Waals surface area contributed by atoms with E-state index in [-0.39, 0.29) is 5.56 Å². The molecule has 0 aliphatic rings. The zero-order chi connectivity index (χ0) is 18.4. The standard InChI is InChI=1S/C18H16BrNO5/c1-24-13-7-8-17(25-2)14(9-13)15(21)10-16(22)18(23)20-12-5-3-11(19)4-6-12/h3-10,21H,1-2H3,(H,20,23)/b15-10-. The highest BCUT2D eigenvalue weighted by molar-refractivity contribution is 9.10. The molecule has 7 heteroatoms. The van der Waals surface area contributed by atoms with Crippen LogP contribution >= 0.6 is 15.9 Å². The molecule has 0 spiro atoms. The second-order valence-electron chi connectivity index (χ2n) is 4.92. The number of rotatable bonds is 6. The van der Waals surface area contributed by atoms with Crippen molar-refractivity contribution in [3.63, 3.8) is 0 Å². The lowest BCUT2D eigenvalue weighted by atomic mass is 10.1. The molecular formula is C18H16BrNO5. The Balaban J connectivity index is 2.19. The summed E-state index contributed by atoms with van der Waals surface area (Å²) in [5.74, 6) is -1.34. The van der Waals surface area contributed by atoms with E-state index < -0.39 is 17.4 Å². The van der Waals surface area contributed by atoms with Gasteiger partial charge in [-0.3, -0.25) is 9.59 Å². The molecule has 0 aromatic heterocycles. The van der Waals surface area contributed by atoms with Crippen LogP contribution in [0.3, 0.4) is 0 Å². The molecule has 0 bridgehead atoms. The Kier molecular flexibility index (Phi) is 6.19. The van der Waals surface area contributed by atoms with Gasteiger partial charge in [-0.25, -0.2) is 0 Å². The summed E-state index contributed by atoms with van der Waals surface area (Å²) in [4.78, 5) is 24.0. The highest BCUT2D eigenvalue weighted by Crippen LogP contribution is 2.28. The number of carbonyl (C=O) groups is 2. The van der Waals surface area contributed by atoms with Gasteiger partial charge in [0.05, 0.1) is 19.8 Å². The Morgan fingerprint density at radius 1 is 1.08 bits per heavy atom. The van der Waals surface area contributed by atoms with Crippen LogP contribution in [0.4, 0.5) is 5.69 Å². The fourth-order valence-corrected chi connectivity index (χ4v) is 2.27. The Labute approximate surface area is 153 Å². The molecule has 0 radical (unpaired) electrons. The van der Waals surface area contributed by atoms with Crippen molar-refractivity contribution in [1.29, 1.82) is 0 Å². The number of nitrogens with one attached hydrogen (secondary N) is 1. The van der Waals surface area contributed by atoms with Gasteiger partial charge in [-0.2, -0.15) is 0 Å². The first kappa shape index (κ1) is 18.5. The number of aliphatic hydroxyl groups is 1. The fraction of sp³-hybridized carbons (Fsp3) is 0.111. The third-order valence-electron chi connectivity index (χ3n) is 3.28. The topological polar surface area (TPSA) is 84.9 Å². The van der Waals surface area contributed by atoms with Crippen LogP contribution in [0.1, 0.15) is 5.56 Å². The van der Waals surface area contributed by atoms with E-state index in [1.165, 1.54) is 20.3 Å². The molecule has 2 aromatic carbocycles. The Morgan fingerprint density at radius 3 is 2.36 bits per heavy atom. The Morgan fingerprint density at radius 2 is 1.76 bits per heavy atom.